The Morgan fingerprint density at radius 2 is 1.76 bits per heavy atom. The number of nitrogens with zero attached hydrogens (tertiary/aromatic N) is 2. The molecular formula is C21H22FN3O4. The normalized spacial score (nSPS) is 16.0. The maximum absolute atomic E-state index is 13.3. The number of nitrogens with one attached hydrogen (secondary N) is 1. The molecule has 2 aliphatic rings. The van der Waals surface area contributed by atoms with E-state index in [1.165, 1.54) is 12.1 Å². The smallest absolute Gasteiger partial charge is 0.254 e. The summed E-state index contributed by atoms with van der Waals surface area (Å²) in [6.45, 7) is 3.94. The largest absolute Gasteiger partial charge is 0.454 e. The van der Waals surface area contributed by atoms with Crippen molar-refractivity contribution >= 4 is 11.8 Å². The number of piperazine rings is 1. The zero-order valence-corrected chi connectivity index (χ0v) is 15.9. The van der Waals surface area contributed by atoms with Crippen LogP contribution in [-0.2, 0) is 0 Å². The van der Waals surface area contributed by atoms with Crippen molar-refractivity contribution in [1.82, 2.24) is 15.1 Å². The van der Waals surface area contributed by atoms with E-state index in [0.717, 1.165) is 0 Å². The van der Waals surface area contributed by atoms with Gasteiger partial charge in [-0.2, -0.15) is 0 Å². The minimum atomic E-state index is -0.410. The van der Waals surface area contributed by atoms with Crippen molar-refractivity contribution in [2.24, 2.45) is 0 Å². The molecule has 0 atom stereocenters. The van der Waals surface area contributed by atoms with Crippen LogP contribution in [0.15, 0.2) is 42.5 Å². The summed E-state index contributed by atoms with van der Waals surface area (Å²) < 4.78 is 23.9. The van der Waals surface area contributed by atoms with E-state index in [4.69, 9.17) is 9.47 Å². The van der Waals surface area contributed by atoms with Gasteiger partial charge in [-0.15, -0.1) is 0 Å². The summed E-state index contributed by atoms with van der Waals surface area (Å²) in [5.41, 5.74) is 0.897. The van der Waals surface area contributed by atoms with Crippen molar-refractivity contribution < 1.29 is 23.5 Å². The first-order valence-corrected chi connectivity index (χ1v) is 9.55. The Balaban J connectivity index is 1.21. The van der Waals surface area contributed by atoms with Gasteiger partial charge in [0.25, 0.3) is 11.8 Å². The Kier molecular flexibility index (Phi) is 5.62. The van der Waals surface area contributed by atoms with Crippen LogP contribution in [0.4, 0.5) is 4.39 Å². The molecule has 2 aliphatic heterocycles. The highest BCUT2D eigenvalue weighted by atomic mass is 19.1. The molecule has 29 heavy (non-hydrogen) atoms. The molecule has 0 aromatic heterocycles. The zero-order chi connectivity index (χ0) is 20.2. The molecule has 2 amide bonds. The number of carbonyl (C=O) groups is 2. The van der Waals surface area contributed by atoms with Crippen LogP contribution in [0.3, 0.4) is 0 Å². The van der Waals surface area contributed by atoms with Crippen LogP contribution in [0.2, 0.25) is 0 Å². The van der Waals surface area contributed by atoms with Crippen LogP contribution in [0.5, 0.6) is 11.5 Å². The lowest BCUT2D eigenvalue weighted by atomic mass is 10.1. The highest BCUT2D eigenvalue weighted by Gasteiger charge is 2.22. The summed E-state index contributed by atoms with van der Waals surface area (Å²) in [5, 5.41) is 2.90. The van der Waals surface area contributed by atoms with Gasteiger partial charge in [0.2, 0.25) is 6.79 Å². The molecule has 1 fully saturated rings. The average Bonchev–Trinajstić information content (AvgIpc) is 3.21. The highest BCUT2D eigenvalue weighted by molar-refractivity contribution is 5.95. The molecular weight excluding hydrogens is 377 g/mol. The Bertz CT molecular complexity index is 913. The summed E-state index contributed by atoms with van der Waals surface area (Å²) in [6, 6.07) is 10.9. The van der Waals surface area contributed by atoms with Crippen LogP contribution in [0.25, 0.3) is 0 Å². The fraction of sp³-hybridized carbons (Fsp3) is 0.333. The van der Waals surface area contributed by atoms with E-state index in [1.54, 1.807) is 35.2 Å². The molecule has 1 saturated heterocycles. The van der Waals surface area contributed by atoms with Gasteiger partial charge in [0.05, 0.1) is 0 Å². The second-order valence-corrected chi connectivity index (χ2v) is 6.97. The summed E-state index contributed by atoms with van der Waals surface area (Å²) >= 11 is 0. The molecule has 4 rings (SSSR count). The molecule has 0 aliphatic carbocycles. The number of ether oxygens (including phenoxy) is 2. The van der Waals surface area contributed by atoms with Gasteiger partial charge in [0.15, 0.2) is 11.5 Å². The van der Waals surface area contributed by atoms with Gasteiger partial charge in [-0.05, 0) is 36.4 Å². The highest BCUT2D eigenvalue weighted by Crippen LogP contribution is 2.32. The van der Waals surface area contributed by atoms with E-state index < -0.39 is 5.82 Å². The standard InChI is InChI=1S/C21H22FN3O4/c22-17-3-1-2-16(12-17)21(27)25-10-8-24(9-11-25)7-6-23-20(26)15-4-5-18-19(13-15)29-14-28-18/h1-5,12-13H,6-11,14H2,(H,23,26). The summed E-state index contributed by atoms with van der Waals surface area (Å²) in [6.07, 6.45) is 0. The minimum absolute atomic E-state index is 0.153. The second kappa shape index (κ2) is 8.48. The summed E-state index contributed by atoms with van der Waals surface area (Å²) in [5.74, 6) is 0.500. The van der Waals surface area contributed by atoms with E-state index in [2.05, 4.69) is 10.2 Å². The van der Waals surface area contributed by atoms with Gasteiger partial charge in [-0.3, -0.25) is 14.5 Å². The Morgan fingerprint density at radius 1 is 0.966 bits per heavy atom. The fourth-order valence-electron chi connectivity index (χ4n) is 3.45. The van der Waals surface area contributed by atoms with Crippen molar-refractivity contribution in [3.8, 4) is 11.5 Å². The van der Waals surface area contributed by atoms with Crippen LogP contribution in [0.1, 0.15) is 20.7 Å². The molecule has 7 nitrogen and oxygen atoms in total. The van der Waals surface area contributed by atoms with Gasteiger partial charge >= 0.3 is 0 Å². The van der Waals surface area contributed by atoms with E-state index in [1.807, 2.05) is 0 Å². The molecule has 0 unspecified atom stereocenters. The molecule has 2 aromatic rings. The lowest BCUT2D eigenvalue weighted by molar-refractivity contribution is 0.0637. The molecule has 2 aromatic carbocycles. The van der Waals surface area contributed by atoms with Crippen molar-refractivity contribution in [2.45, 2.75) is 0 Å². The maximum Gasteiger partial charge on any atom is 0.254 e. The lowest BCUT2D eigenvalue weighted by Crippen LogP contribution is -2.50. The molecule has 0 saturated carbocycles. The van der Waals surface area contributed by atoms with Gasteiger partial charge in [-0.25, -0.2) is 4.39 Å². The van der Waals surface area contributed by atoms with E-state index in [-0.39, 0.29) is 18.6 Å². The van der Waals surface area contributed by atoms with Crippen LogP contribution in [-0.4, -0.2) is 67.7 Å². The van der Waals surface area contributed by atoms with Crippen molar-refractivity contribution in [3.05, 3.63) is 59.4 Å². The topological polar surface area (TPSA) is 71.1 Å². The molecule has 8 heteroatoms. The molecule has 2 heterocycles. The van der Waals surface area contributed by atoms with Gasteiger partial charge in [0, 0.05) is 50.4 Å². The summed E-state index contributed by atoms with van der Waals surface area (Å²) in [7, 11) is 0. The average molecular weight is 399 g/mol. The lowest BCUT2D eigenvalue weighted by Gasteiger charge is -2.34. The van der Waals surface area contributed by atoms with Crippen molar-refractivity contribution in [1.29, 1.82) is 0 Å². The van der Waals surface area contributed by atoms with E-state index in [9.17, 15) is 14.0 Å². The fourth-order valence-corrected chi connectivity index (χ4v) is 3.45. The van der Waals surface area contributed by atoms with Crippen molar-refractivity contribution in [3.63, 3.8) is 0 Å². The number of hydrogen-bond donors (Lipinski definition) is 1. The third kappa shape index (κ3) is 4.48. The molecule has 0 spiro atoms. The minimum Gasteiger partial charge on any atom is -0.454 e. The third-order valence-corrected chi connectivity index (χ3v) is 5.08. The number of halogens is 1. The first-order chi connectivity index (χ1) is 14.1. The zero-order valence-electron chi connectivity index (χ0n) is 15.9. The van der Waals surface area contributed by atoms with Crippen LogP contribution >= 0.6 is 0 Å². The van der Waals surface area contributed by atoms with Gasteiger partial charge in [0.1, 0.15) is 5.82 Å². The number of carbonyl (C=O) groups excluding carboxylic acids is 2. The number of hydrogen-bond acceptors (Lipinski definition) is 5. The quantitative estimate of drug-likeness (QED) is 0.830. The molecule has 0 bridgehead atoms. The van der Waals surface area contributed by atoms with Crippen molar-refractivity contribution in [2.75, 3.05) is 46.1 Å². The molecule has 1 N–H and O–H groups in total. The first kappa shape index (κ1) is 19.2. The maximum atomic E-state index is 13.3. The first-order valence-electron chi connectivity index (χ1n) is 9.55. The Labute approximate surface area is 168 Å². The predicted octanol–water partition coefficient (Wildman–Crippen LogP) is 1.74. The number of rotatable bonds is 5. The van der Waals surface area contributed by atoms with Crippen LogP contribution in [0, 0.1) is 5.82 Å². The second-order valence-electron chi connectivity index (χ2n) is 6.97. The van der Waals surface area contributed by atoms with E-state index in [0.29, 0.717) is 61.9 Å². The van der Waals surface area contributed by atoms with Gasteiger partial charge in [-0.1, -0.05) is 6.07 Å². The number of amides is 2. The third-order valence-electron chi connectivity index (χ3n) is 5.08. The van der Waals surface area contributed by atoms with E-state index >= 15 is 0 Å². The number of fused-ring (bicyclic) bond motifs is 1. The van der Waals surface area contributed by atoms with Crippen LogP contribution < -0.4 is 14.8 Å². The SMILES string of the molecule is O=C(NCCN1CCN(C(=O)c2cccc(F)c2)CC1)c1ccc2c(c1)OCO2. The summed E-state index contributed by atoms with van der Waals surface area (Å²) in [4.78, 5) is 28.7. The van der Waals surface area contributed by atoms with Gasteiger partial charge < -0.3 is 19.7 Å². The predicted molar refractivity (Wildman–Crippen MR) is 104 cm³/mol. The molecule has 0 radical (unpaired) electrons. The Hall–Kier alpha value is -3.13. The monoisotopic (exact) mass is 399 g/mol. The Morgan fingerprint density at radius 3 is 2.55 bits per heavy atom. The molecule has 152 valence electrons. The number of benzene rings is 2.